The first kappa shape index (κ1) is 12.3. The van der Waals surface area contributed by atoms with Crippen molar-refractivity contribution >= 4 is 0 Å². The van der Waals surface area contributed by atoms with Gasteiger partial charge in [-0.05, 0) is 29.3 Å². The molecule has 0 radical (unpaired) electrons. The Labute approximate surface area is 117 Å². The number of benzene rings is 1. The summed E-state index contributed by atoms with van der Waals surface area (Å²) in [6.07, 6.45) is 5.04. The molecule has 0 aliphatic carbocycles. The van der Waals surface area contributed by atoms with E-state index in [9.17, 15) is 0 Å². The predicted octanol–water partition coefficient (Wildman–Crippen LogP) is 3.21. The summed E-state index contributed by atoms with van der Waals surface area (Å²) in [5.74, 6) is 0.606. The van der Waals surface area contributed by atoms with Crippen molar-refractivity contribution in [1.82, 2.24) is 15.0 Å². The first-order valence-corrected chi connectivity index (χ1v) is 6.24. The molecular formula is C16H13N3O. The van der Waals surface area contributed by atoms with Crippen LogP contribution in [0.15, 0.2) is 61.2 Å². The zero-order valence-electron chi connectivity index (χ0n) is 11.0. The molecule has 3 rings (SSSR count). The van der Waals surface area contributed by atoms with Crippen molar-refractivity contribution in [1.29, 1.82) is 0 Å². The van der Waals surface area contributed by atoms with Gasteiger partial charge >= 0.3 is 0 Å². The molecule has 0 saturated heterocycles. The molecule has 0 aliphatic heterocycles. The third-order valence-corrected chi connectivity index (χ3v) is 3.02. The maximum absolute atomic E-state index is 5.16. The van der Waals surface area contributed by atoms with Crippen molar-refractivity contribution in [3.8, 4) is 28.3 Å². The Morgan fingerprint density at radius 2 is 1.70 bits per heavy atom. The quantitative estimate of drug-likeness (QED) is 0.728. The fraction of sp³-hybridized carbons (Fsp3) is 0.0625. The molecule has 0 unspecified atom stereocenters. The van der Waals surface area contributed by atoms with E-state index in [4.69, 9.17) is 4.74 Å². The fourth-order valence-corrected chi connectivity index (χ4v) is 2.02. The summed E-state index contributed by atoms with van der Waals surface area (Å²) in [5, 5.41) is 0. The van der Waals surface area contributed by atoms with Crippen molar-refractivity contribution in [2.45, 2.75) is 0 Å². The van der Waals surface area contributed by atoms with Gasteiger partial charge in [0.05, 0.1) is 12.8 Å². The lowest BCUT2D eigenvalue weighted by molar-refractivity contribution is 0.398. The summed E-state index contributed by atoms with van der Waals surface area (Å²) < 4.78 is 5.16. The Morgan fingerprint density at radius 3 is 2.50 bits per heavy atom. The molecule has 0 spiro atoms. The molecule has 0 saturated carbocycles. The minimum atomic E-state index is 0.606. The van der Waals surface area contributed by atoms with E-state index in [1.54, 1.807) is 25.8 Å². The number of hydrogen-bond donors (Lipinski definition) is 0. The van der Waals surface area contributed by atoms with Gasteiger partial charge in [-0.25, -0.2) is 15.0 Å². The summed E-state index contributed by atoms with van der Waals surface area (Å²) in [7, 11) is 1.61. The van der Waals surface area contributed by atoms with Crippen molar-refractivity contribution in [3.63, 3.8) is 0 Å². The van der Waals surface area contributed by atoms with E-state index in [2.05, 4.69) is 27.1 Å². The molecule has 0 amide bonds. The Hall–Kier alpha value is -2.75. The van der Waals surface area contributed by atoms with Gasteiger partial charge in [-0.1, -0.05) is 18.2 Å². The van der Waals surface area contributed by atoms with Crippen molar-refractivity contribution in [2.24, 2.45) is 0 Å². The third-order valence-electron chi connectivity index (χ3n) is 3.02. The Balaban J connectivity index is 2.03. The van der Waals surface area contributed by atoms with E-state index in [1.807, 2.05) is 30.3 Å². The topological polar surface area (TPSA) is 47.9 Å². The predicted molar refractivity (Wildman–Crippen MR) is 77.3 cm³/mol. The van der Waals surface area contributed by atoms with Gasteiger partial charge in [0.1, 0.15) is 6.33 Å². The lowest BCUT2D eigenvalue weighted by Crippen LogP contribution is -1.88. The molecule has 0 bridgehead atoms. The van der Waals surface area contributed by atoms with Crippen LogP contribution in [0.1, 0.15) is 0 Å². The van der Waals surface area contributed by atoms with Crippen molar-refractivity contribution < 1.29 is 4.74 Å². The molecular weight excluding hydrogens is 250 g/mol. The zero-order valence-corrected chi connectivity index (χ0v) is 11.0. The number of pyridine rings is 1. The number of aromatic nitrogens is 3. The van der Waals surface area contributed by atoms with Gasteiger partial charge in [0, 0.05) is 24.0 Å². The molecule has 0 N–H and O–H groups in total. The summed E-state index contributed by atoms with van der Waals surface area (Å²) in [6.45, 7) is 0. The maximum Gasteiger partial charge on any atom is 0.213 e. The first-order chi connectivity index (χ1) is 9.86. The van der Waals surface area contributed by atoms with Gasteiger partial charge in [0.25, 0.3) is 0 Å². The highest BCUT2D eigenvalue weighted by atomic mass is 16.5. The number of rotatable bonds is 3. The summed E-state index contributed by atoms with van der Waals surface area (Å²) in [6, 6.07) is 14.0. The molecule has 4 nitrogen and oxygen atoms in total. The lowest BCUT2D eigenvalue weighted by atomic mass is 10.0. The van der Waals surface area contributed by atoms with Crippen LogP contribution in [-0.2, 0) is 0 Å². The van der Waals surface area contributed by atoms with Crippen LogP contribution >= 0.6 is 0 Å². The number of ether oxygens (including phenoxy) is 1. The number of nitrogens with zero attached hydrogens (tertiary/aromatic N) is 3. The molecule has 0 aliphatic rings. The van der Waals surface area contributed by atoms with Crippen LogP contribution < -0.4 is 4.74 Å². The number of methoxy groups -OCH3 is 1. The average molecular weight is 263 g/mol. The van der Waals surface area contributed by atoms with E-state index >= 15 is 0 Å². The smallest absolute Gasteiger partial charge is 0.213 e. The molecule has 98 valence electrons. The van der Waals surface area contributed by atoms with Gasteiger partial charge in [-0.2, -0.15) is 0 Å². The van der Waals surface area contributed by atoms with E-state index in [1.165, 1.54) is 0 Å². The van der Waals surface area contributed by atoms with E-state index in [0.717, 1.165) is 22.4 Å². The molecule has 1 aromatic carbocycles. The van der Waals surface area contributed by atoms with Gasteiger partial charge in [-0.15, -0.1) is 0 Å². The summed E-state index contributed by atoms with van der Waals surface area (Å²) in [4.78, 5) is 12.3. The fourth-order valence-electron chi connectivity index (χ4n) is 2.02. The van der Waals surface area contributed by atoms with E-state index in [-0.39, 0.29) is 0 Å². The summed E-state index contributed by atoms with van der Waals surface area (Å²) >= 11 is 0. The van der Waals surface area contributed by atoms with Crippen LogP contribution in [0.25, 0.3) is 22.4 Å². The second-order valence-corrected chi connectivity index (χ2v) is 4.26. The monoisotopic (exact) mass is 263 g/mol. The molecule has 2 heterocycles. The SMILES string of the molecule is COc1cc(-c2cccc(-c3ccncn3)c2)ccn1. The average Bonchev–Trinajstić information content (AvgIpc) is 2.56. The van der Waals surface area contributed by atoms with Gasteiger partial charge < -0.3 is 4.74 Å². The normalized spacial score (nSPS) is 10.2. The van der Waals surface area contributed by atoms with Crippen molar-refractivity contribution in [3.05, 3.63) is 61.2 Å². The van der Waals surface area contributed by atoms with Gasteiger partial charge in [0.15, 0.2) is 0 Å². The summed E-state index contributed by atoms with van der Waals surface area (Å²) in [5.41, 5.74) is 4.12. The maximum atomic E-state index is 5.16. The zero-order chi connectivity index (χ0) is 13.8. The lowest BCUT2D eigenvalue weighted by Gasteiger charge is -2.06. The molecule has 2 aromatic heterocycles. The van der Waals surface area contributed by atoms with Crippen LogP contribution in [0.4, 0.5) is 0 Å². The molecule has 0 fully saturated rings. The van der Waals surface area contributed by atoms with E-state index < -0.39 is 0 Å². The molecule has 4 heteroatoms. The Kier molecular flexibility index (Phi) is 3.37. The molecule has 20 heavy (non-hydrogen) atoms. The molecule has 0 atom stereocenters. The van der Waals surface area contributed by atoms with Crippen LogP contribution in [0.5, 0.6) is 5.88 Å². The second-order valence-electron chi connectivity index (χ2n) is 4.26. The van der Waals surface area contributed by atoms with Gasteiger partial charge in [0.2, 0.25) is 5.88 Å². The first-order valence-electron chi connectivity index (χ1n) is 6.24. The molecule has 3 aromatic rings. The highest BCUT2D eigenvalue weighted by Crippen LogP contribution is 2.26. The van der Waals surface area contributed by atoms with Crippen LogP contribution in [-0.4, -0.2) is 22.1 Å². The Bertz CT molecular complexity index is 714. The standard InChI is InChI=1S/C16H13N3O/c1-20-16-10-13(5-8-18-16)12-3-2-4-14(9-12)15-6-7-17-11-19-15/h2-11H,1H3. The third kappa shape index (κ3) is 2.49. The highest BCUT2D eigenvalue weighted by Gasteiger charge is 2.03. The van der Waals surface area contributed by atoms with Crippen molar-refractivity contribution in [2.75, 3.05) is 7.11 Å². The van der Waals surface area contributed by atoms with Crippen LogP contribution in [0, 0.1) is 0 Å². The Morgan fingerprint density at radius 1 is 0.850 bits per heavy atom. The minimum absolute atomic E-state index is 0.606. The highest BCUT2D eigenvalue weighted by molar-refractivity contribution is 5.71. The van der Waals surface area contributed by atoms with Crippen LogP contribution in [0.2, 0.25) is 0 Å². The van der Waals surface area contributed by atoms with E-state index in [0.29, 0.717) is 5.88 Å². The number of hydrogen-bond acceptors (Lipinski definition) is 4. The van der Waals surface area contributed by atoms with Gasteiger partial charge in [-0.3, -0.25) is 0 Å². The largest absolute Gasteiger partial charge is 0.481 e. The second kappa shape index (κ2) is 5.48. The van der Waals surface area contributed by atoms with Crippen LogP contribution in [0.3, 0.4) is 0 Å². The minimum Gasteiger partial charge on any atom is -0.481 e.